The number of benzene rings is 1. The molecule has 1 saturated heterocycles. The molecule has 1 aromatic rings. The Balaban J connectivity index is 2.21. The molecular weight excluding hydrogens is 254 g/mol. The van der Waals surface area contributed by atoms with Crippen molar-refractivity contribution in [2.45, 2.75) is 39.2 Å². The predicted molar refractivity (Wildman–Crippen MR) is 76.4 cm³/mol. The van der Waals surface area contributed by atoms with E-state index in [0.29, 0.717) is 24.4 Å². The lowest BCUT2D eigenvalue weighted by Crippen LogP contribution is -2.38. The summed E-state index contributed by atoms with van der Waals surface area (Å²) in [6.45, 7) is 6.26. The van der Waals surface area contributed by atoms with Crippen molar-refractivity contribution in [1.29, 1.82) is 0 Å². The quantitative estimate of drug-likeness (QED) is 0.855. The highest BCUT2D eigenvalue weighted by Gasteiger charge is 2.39. The average molecular weight is 273 g/mol. The van der Waals surface area contributed by atoms with E-state index < -0.39 is 5.60 Å². The molecule has 3 rings (SSSR count). The van der Waals surface area contributed by atoms with Gasteiger partial charge in [-0.15, -0.1) is 0 Å². The van der Waals surface area contributed by atoms with E-state index in [1.165, 1.54) is 0 Å². The van der Waals surface area contributed by atoms with Crippen molar-refractivity contribution in [2.24, 2.45) is 0 Å². The number of hydrogen-bond donors (Lipinski definition) is 1. The molecule has 0 unspecified atom stereocenters. The van der Waals surface area contributed by atoms with Crippen LogP contribution in [0.25, 0.3) is 5.70 Å². The lowest BCUT2D eigenvalue weighted by molar-refractivity contribution is -0.125. The lowest BCUT2D eigenvalue weighted by Gasteiger charge is -2.36. The second-order valence-electron chi connectivity index (χ2n) is 5.96. The molecule has 0 atom stereocenters. The Kier molecular flexibility index (Phi) is 2.78. The number of hydrogen-bond acceptors (Lipinski definition) is 3. The van der Waals surface area contributed by atoms with Crippen LogP contribution in [0, 0.1) is 6.92 Å². The van der Waals surface area contributed by atoms with Crippen LogP contribution in [-0.4, -0.2) is 28.1 Å². The molecule has 0 bridgehead atoms. The third-order valence-corrected chi connectivity index (χ3v) is 3.89. The first-order valence-corrected chi connectivity index (χ1v) is 6.94. The smallest absolute Gasteiger partial charge is 0.227 e. The fraction of sp³-hybridized carbons (Fsp3) is 0.438. The molecule has 0 radical (unpaired) electrons. The lowest BCUT2D eigenvalue weighted by atomic mass is 9.95. The number of aryl methyl sites for hydroxylation is 1. The third kappa shape index (κ3) is 1.87. The van der Waals surface area contributed by atoms with Crippen molar-refractivity contribution < 1.29 is 14.6 Å². The van der Waals surface area contributed by atoms with E-state index in [9.17, 15) is 9.90 Å². The van der Waals surface area contributed by atoms with Crippen molar-refractivity contribution in [3.8, 4) is 5.75 Å². The van der Waals surface area contributed by atoms with E-state index in [4.69, 9.17) is 4.74 Å². The van der Waals surface area contributed by atoms with E-state index in [1.54, 1.807) is 4.90 Å². The van der Waals surface area contributed by atoms with E-state index >= 15 is 0 Å². The molecule has 106 valence electrons. The van der Waals surface area contributed by atoms with Gasteiger partial charge in [-0.05, 0) is 39.3 Å². The van der Waals surface area contributed by atoms with Crippen LogP contribution in [-0.2, 0) is 4.79 Å². The summed E-state index contributed by atoms with van der Waals surface area (Å²) in [5.41, 5.74) is 1.67. The number of ether oxygens (including phenoxy) is 1. The maximum atomic E-state index is 12.1. The van der Waals surface area contributed by atoms with Crippen LogP contribution < -0.4 is 4.74 Å². The molecule has 2 aliphatic rings. The van der Waals surface area contributed by atoms with Gasteiger partial charge in [0.2, 0.25) is 5.91 Å². The minimum absolute atomic E-state index is 0.0664. The second kappa shape index (κ2) is 4.27. The Morgan fingerprint density at radius 2 is 2.10 bits per heavy atom. The van der Waals surface area contributed by atoms with Gasteiger partial charge in [0.05, 0.1) is 5.70 Å². The van der Waals surface area contributed by atoms with Gasteiger partial charge in [0.1, 0.15) is 5.75 Å². The van der Waals surface area contributed by atoms with Crippen LogP contribution in [0.2, 0.25) is 0 Å². The molecule has 0 saturated carbocycles. The first-order chi connectivity index (χ1) is 9.40. The fourth-order valence-electron chi connectivity index (χ4n) is 2.81. The van der Waals surface area contributed by atoms with Crippen molar-refractivity contribution in [2.75, 3.05) is 6.54 Å². The molecule has 0 spiro atoms. The number of nitrogens with zero attached hydrogens (tertiary/aromatic N) is 1. The SMILES string of the molecule is Cc1ccc2c(c1)C(N1CCCC1=O)=C(O)C(C)(C)O2. The summed E-state index contributed by atoms with van der Waals surface area (Å²) in [7, 11) is 0. The van der Waals surface area contributed by atoms with Gasteiger partial charge in [-0.1, -0.05) is 11.6 Å². The maximum absolute atomic E-state index is 12.1. The zero-order valence-corrected chi connectivity index (χ0v) is 12.1. The van der Waals surface area contributed by atoms with Crippen LogP contribution in [0.15, 0.2) is 24.0 Å². The van der Waals surface area contributed by atoms with E-state index in [2.05, 4.69) is 0 Å². The van der Waals surface area contributed by atoms with Crippen molar-refractivity contribution in [3.05, 3.63) is 35.1 Å². The van der Waals surface area contributed by atoms with Crippen molar-refractivity contribution in [3.63, 3.8) is 0 Å². The minimum atomic E-state index is -0.819. The Labute approximate surface area is 118 Å². The van der Waals surface area contributed by atoms with Gasteiger partial charge in [-0.2, -0.15) is 0 Å². The van der Waals surface area contributed by atoms with Gasteiger partial charge in [0, 0.05) is 18.5 Å². The average Bonchev–Trinajstić information content (AvgIpc) is 2.78. The van der Waals surface area contributed by atoms with Gasteiger partial charge in [-0.3, -0.25) is 4.79 Å². The molecule has 4 nitrogen and oxygen atoms in total. The van der Waals surface area contributed by atoms with Crippen LogP contribution in [0.5, 0.6) is 5.75 Å². The van der Waals surface area contributed by atoms with Gasteiger partial charge < -0.3 is 14.7 Å². The number of carbonyl (C=O) groups is 1. The molecule has 0 aliphatic carbocycles. The number of aliphatic hydroxyl groups excluding tert-OH is 1. The first kappa shape index (κ1) is 13.0. The van der Waals surface area contributed by atoms with Crippen molar-refractivity contribution >= 4 is 11.6 Å². The zero-order valence-electron chi connectivity index (χ0n) is 12.1. The number of aliphatic hydroxyl groups is 1. The Morgan fingerprint density at radius 3 is 2.75 bits per heavy atom. The summed E-state index contributed by atoms with van der Waals surface area (Å²) in [5.74, 6) is 0.913. The third-order valence-electron chi connectivity index (χ3n) is 3.89. The van der Waals surface area contributed by atoms with E-state index in [1.807, 2.05) is 39.0 Å². The summed E-state index contributed by atoms with van der Waals surface area (Å²) in [4.78, 5) is 13.8. The van der Waals surface area contributed by atoms with Crippen LogP contribution in [0.1, 0.15) is 37.8 Å². The molecule has 4 heteroatoms. The van der Waals surface area contributed by atoms with Gasteiger partial charge in [0.15, 0.2) is 11.4 Å². The summed E-state index contributed by atoms with van der Waals surface area (Å²) in [5, 5.41) is 10.6. The largest absolute Gasteiger partial charge is 0.506 e. The molecule has 1 N–H and O–H groups in total. The predicted octanol–water partition coefficient (Wildman–Crippen LogP) is 3.02. The highest BCUT2D eigenvalue weighted by atomic mass is 16.5. The van der Waals surface area contributed by atoms with Gasteiger partial charge in [0.25, 0.3) is 0 Å². The van der Waals surface area contributed by atoms with Gasteiger partial charge >= 0.3 is 0 Å². The highest BCUT2D eigenvalue weighted by molar-refractivity contribution is 5.91. The molecule has 0 aromatic heterocycles. The van der Waals surface area contributed by atoms with Gasteiger partial charge in [-0.25, -0.2) is 0 Å². The van der Waals surface area contributed by atoms with Crippen LogP contribution in [0.4, 0.5) is 0 Å². The number of fused-ring (bicyclic) bond motifs is 1. The number of carbonyl (C=O) groups excluding carboxylic acids is 1. The molecule has 20 heavy (non-hydrogen) atoms. The molecule has 2 heterocycles. The fourth-order valence-corrected chi connectivity index (χ4v) is 2.81. The molecule has 1 fully saturated rings. The highest BCUT2D eigenvalue weighted by Crippen LogP contribution is 2.42. The molecular formula is C16H19NO3. The second-order valence-corrected chi connectivity index (χ2v) is 5.96. The summed E-state index contributed by atoms with van der Waals surface area (Å²) in [6.07, 6.45) is 1.37. The Hall–Kier alpha value is -1.97. The first-order valence-electron chi connectivity index (χ1n) is 6.94. The number of rotatable bonds is 1. The zero-order chi connectivity index (χ0) is 14.5. The normalized spacial score (nSPS) is 20.9. The Morgan fingerprint density at radius 1 is 1.35 bits per heavy atom. The van der Waals surface area contributed by atoms with E-state index in [-0.39, 0.29) is 11.7 Å². The molecule has 1 amide bonds. The van der Waals surface area contributed by atoms with Crippen LogP contribution >= 0.6 is 0 Å². The summed E-state index contributed by atoms with van der Waals surface area (Å²) >= 11 is 0. The summed E-state index contributed by atoms with van der Waals surface area (Å²) < 4.78 is 5.87. The standard InChI is InChI=1S/C16H19NO3/c1-10-6-7-12-11(9-10)14(15(19)16(2,3)20-12)17-8-4-5-13(17)18/h6-7,9,19H,4-5,8H2,1-3H3. The number of likely N-dealkylation sites (tertiary alicyclic amines) is 1. The molecule has 2 aliphatic heterocycles. The monoisotopic (exact) mass is 273 g/mol. The topological polar surface area (TPSA) is 49.8 Å². The van der Waals surface area contributed by atoms with E-state index in [0.717, 1.165) is 17.5 Å². The Bertz CT molecular complexity index is 616. The maximum Gasteiger partial charge on any atom is 0.227 e. The summed E-state index contributed by atoms with van der Waals surface area (Å²) in [6, 6.07) is 5.84. The van der Waals surface area contributed by atoms with Crippen molar-refractivity contribution in [1.82, 2.24) is 4.90 Å². The molecule has 1 aromatic carbocycles. The number of amides is 1. The van der Waals surface area contributed by atoms with Crippen LogP contribution in [0.3, 0.4) is 0 Å². The minimum Gasteiger partial charge on any atom is -0.506 e.